The van der Waals surface area contributed by atoms with Crippen molar-refractivity contribution in [3.8, 4) is 11.1 Å². The van der Waals surface area contributed by atoms with Gasteiger partial charge in [-0.3, -0.25) is 4.90 Å². The van der Waals surface area contributed by atoms with E-state index in [0.29, 0.717) is 0 Å². The van der Waals surface area contributed by atoms with E-state index in [1.807, 2.05) is 17.5 Å². The van der Waals surface area contributed by atoms with Gasteiger partial charge in [0.1, 0.15) is 5.82 Å². The molecule has 0 aliphatic rings. The second kappa shape index (κ2) is 10.0. The Hall–Kier alpha value is -5.51. The fourth-order valence-electron chi connectivity index (χ4n) is 6.61. The lowest BCUT2D eigenvalue weighted by Crippen LogP contribution is -2.11. The maximum absolute atomic E-state index is 4.98. The molecule has 206 valence electrons. The molecule has 0 fully saturated rings. The van der Waals surface area contributed by atoms with Gasteiger partial charge in [-0.1, -0.05) is 109 Å². The third kappa shape index (κ3) is 3.98. The molecule has 0 aliphatic heterocycles. The SMILES string of the molecule is c1ccc(N(c2ccc(-c3ccc4c(ccc5ccc6ccccc6c54)c3)cc2)c2nccc3sc4ccccc4c23)cc1. The molecular formula is C41H26N2S. The number of hydrogen-bond acceptors (Lipinski definition) is 3. The summed E-state index contributed by atoms with van der Waals surface area (Å²) in [6.45, 7) is 0. The maximum Gasteiger partial charge on any atom is 0.146 e. The molecule has 0 saturated heterocycles. The van der Waals surface area contributed by atoms with Crippen LogP contribution in [0.5, 0.6) is 0 Å². The van der Waals surface area contributed by atoms with Crippen LogP contribution in [0.3, 0.4) is 0 Å². The van der Waals surface area contributed by atoms with Crippen LogP contribution in [0.15, 0.2) is 158 Å². The maximum atomic E-state index is 4.98. The van der Waals surface area contributed by atoms with Gasteiger partial charge < -0.3 is 0 Å². The molecule has 3 heteroatoms. The minimum absolute atomic E-state index is 0.948. The predicted molar refractivity (Wildman–Crippen MR) is 190 cm³/mol. The first kappa shape index (κ1) is 25.0. The van der Waals surface area contributed by atoms with Crippen LogP contribution in [0, 0.1) is 0 Å². The number of hydrogen-bond donors (Lipinski definition) is 0. The summed E-state index contributed by atoms with van der Waals surface area (Å²) in [5.41, 5.74) is 4.56. The van der Waals surface area contributed by atoms with Crippen LogP contribution in [0.1, 0.15) is 0 Å². The van der Waals surface area contributed by atoms with Gasteiger partial charge in [0.2, 0.25) is 0 Å². The van der Waals surface area contributed by atoms with Crippen molar-refractivity contribution in [1.29, 1.82) is 0 Å². The van der Waals surface area contributed by atoms with Gasteiger partial charge in [0.05, 0.1) is 0 Å². The minimum Gasteiger partial charge on any atom is -0.295 e. The molecular weight excluding hydrogens is 553 g/mol. The zero-order valence-electron chi connectivity index (χ0n) is 23.8. The first-order chi connectivity index (χ1) is 21.8. The van der Waals surface area contributed by atoms with E-state index in [-0.39, 0.29) is 0 Å². The second-order valence-corrected chi connectivity index (χ2v) is 12.3. The van der Waals surface area contributed by atoms with Crippen LogP contribution < -0.4 is 4.90 Å². The molecule has 0 aliphatic carbocycles. The molecule has 9 aromatic rings. The zero-order valence-corrected chi connectivity index (χ0v) is 24.6. The number of rotatable bonds is 4. The highest BCUT2D eigenvalue weighted by Crippen LogP contribution is 2.43. The molecule has 0 amide bonds. The average Bonchev–Trinajstić information content (AvgIpc) is 3.48. The Morgan fingerprint density at radius 3 is 1.95 bits per heavy atom. The highest BCUT2D eigenvalue weighted by Gasteiger charge is 2.19. The number of pyridine rings is 1. The predicted octanol–water partition coefficient (Wildman–Crippen LogP) is 12.0. The van der Waals surface area contributed by atoms with E-state index >= 15 is 0 Å². The first-order valence-electron chi connectivity index (χ1n) is 14.9. The number of anilines is 3. The lowest BCUT2D eigenvalue weighted by Gasteiger charge is -2.25. The Morgan fingerprint density at radius 1 is 0.432 bits per heavy atom. The zero-order chi connectivity index (χ0) is 29.0. The Morgan fingerprint density at radius 2 is 1.09 bits per heavy atom. The number of fused-ring (bicyclic) bond motifs is 8. The van der Waals surface area contributed by atoms with Crippen molar-refractivity contribution in [2.45, 2.75) is 0 Å². The average molecular weight is 579 g/mol. The van der Waals surface area contributed by atoms with Gasteiger partial charge >= 0.3 is 0 Å². The van der Waals surface area contributed by atoms with E-state index in [0.717, 1.165) is 17.2 Å². The number of benzene rings is 7. The molecule has 7 aromatic carbocycles. The Kier molecular flexibility index (Phi) is 5.71. The summed E-state index contributed by atoms with van der Waals surface area (Å²) < 4.78 is 2.52. The standard InChI is InChI=1S/C41H26N2S/c1-2-9-32(10-3-1)43(41-40-36-12-6-7-13-37(36)44-38(40)24-25-42-41)33-21-18-27(19-22-33)30-20-23-35-31(26-30)17-16-29-15-14-28-8-4-5-11-34(28)39(29)35/h1-26H. The lowest BCUT2D eigenvalue weighted by molar-refractivity contribution is 1.20. The van der Waals surface area contributed by atoms with Crippen molar-refractivity contribution in [2.24, 2.45) is 0 Å². The summed E-state index contributed by atoms with van der Waals surface area (Å²) in [4.78, 5) is 7.26. The van der Waals surface area contributed by atoms with Crippen LogP contribution in [-0.2, 0) is 0 Å². The molecule has 0 atom stereocenters. The molecule has 0 radical (unpaired) electrons. The van der Waals surface area contributed by atoms with Crippen LogP contribution in [0.25, 0.3) is 63.6 Å². The Balaban J connectivity index is 1.17. The second-order valence-electron chi connectivity index (χ2n) is 11.2. The molecule has 0 N–H and O–H groups in total. The normalized spacial score (nSPS) is 11.6. The van der Waals surface area contributed by atoms with E-state index in [4.69, 9.17) is 4.98 Å². The topological polar surface area (TPSA) is 16.1 Å². The molecule has 0 unspecified atom stereocenters. The van der Waals surface area contributed by atoms with E-state index < -0.39 is 0 Å². The lowest BCUT2D eigenvalue weighted by atomic mass is 9.94. The number of aromatic nitrogens is 1. The first-order valence-corrected chi connectivity index (χ1v) is 15.7. The Labute approximate surface area is 259 Å². The molecule has 0 spiro atoms. The fourth-order valence-corrected chi connectivity index (χ4v) is 7.71. The summed E-state index contributed by atoms with van der Waals surface area (Å²) in [6, 6.07) is 54.7. The van der Waals surface area contributed by atoms with E-state index in [9.17, 15) is 0 Å². The highest BCUT2D eigenvalue weighted by molar-refractivity contribution is 7.25. The van der Waals surface area contributed by atoms with Crippen molar-refractivity contribution in [3.05, 3.63) is 158 Å². The summed E-state index contributed by atoms with van der Waals surface area (Å²) >= 11 is 1.82. The van der Waals surface area contributed by atoms with Gasteiger partial charge in [-0.05, 0) is 85.9 Å². The minimum atomic E-state index is 0.948. The third-order valence-electron chi connectivity index (χ3n) is 8.68. The smallest absolute Gasteiger partial charge is 0.146 e. The largest absolute Gasteiger partial charge is 0.295 e. The fraction of sp³-hybridized carbons (Fsp3) is 0. The number of nitrogens with zero attached hydrogens (tertiary/aromatic N) is 2. The van der Waals surface area contributed by atoms with Gasteiger partial charge in [-0.25, -0.2) is 4.98 Å². The monoisotopic (exact) mass is 578 g/mol. The van der Waals surface area contributed by atoms with Crippen LogP contribution in [-0.4, -0.2) is 4.98 Å². The van der Waals surface area contributed by atoms with Gasteiger partial charge in [0, 0.05) is 37.7 Å². The third-order valence-corrected chi connectivity index (χ3v) is 9.81. The van der Waals surface area contributed by atoms with Gasteiger partial charge in [-0.2, -0.15) is 0 Å². The molecule has 44 heavy (non-hydrogen) atoms. The van der Waals surface area contributed by atoms with Crippen molar-refractivity contribution >= 4 is 81.0 Å². The highest BCUT2D eigenvalue weighted by atomic mass is 32.1. The van der Waals surface area contributed by atoms with Crippen molar-refractivity contribution in [2.75, 3.05) is 4.90 Å². The molecule has 0 bridgehead atoms. The summed E-state index contributed by atoms with van der Waals surface area (Å²) in [6.07, 6.45) is 1.93. The summed E-state index contributed by atoms with van der Waals surface area (Å²) in [5, 5.41) is 10.1. The molecule has 2 aromatic heterocycles. The van der Waals surface area contributed by atoms with Crippen molar-refractivity contribution in [3.63, 3.8) is 0 Å². The Bertz CT molecular complexity index is 2490. The van der Waals surface area contributed by atoms with Gasteiger partial charge in [-0.15, -0.1) is 11.3 Å². The molecule has 0 saturated carbocycles. The van der Waals surface area contributed by atoms with Crippen LogP contribution >= 0.6 is 11.3 Å². The quantitative estimate of drug-likeness (QED) is 0.193. The van der Waals surface area contributed by atoms with Crippen molar-refractivity contribution < 1.29 is 0 Å². The van der Waals surface area contributed by atoms with Crippen molar-refractivity contribution in [1.82, 2.24) is 4.98 Å². The molecule has 2 heterocycles. The van der Waals surface area contributed by atoms with E-state index in [1.54, 1.807) is 0 Å². The van der Waals surface area contributed by atoms with Crippen LogP contribution in [0.2, 0.25) is 0 Å². The van der Waals surface area contributed by atoms with Gasteiger partial charge in [0.15, 0.2) is 0 Å². The van der Waals surface area contributed by atoms with Crippen LogP contribution in [0.4, 0.5) is 17.2 Å². The van der Waals surface area contributed by atoms with E-state index in [1.165, 1.54) is 63.6 Å². The van der Waals surface area contributed by atoms with Gasteiger partial charge in [0.25, 0.3) is 0 Å². The summed E-state index contributed by atoms with van der Waals surface area (Å²) in [7, 11) is 0. The summed E-state index contributed by atoms with van der Waals surface area (Å²) in [5.74, 6) is 0.948. The molecule has 9 rings (SSSR count). The number of para-hydroxylation sites is 1. The molecule has 2 nitrogen and oxygen atoms in total. The number of thiophene rings is 1. The van der Waals surface area contributed by atoms with E-state index in [2.05, 4.69) is 157 Å².